The number of rotatable bonds is 6. The van der Waals surface area contributed by atoms with Gasteiger partial charge in [-0.1, -0.05) is 25.1 Å². The van der Waals surface area contributed by atoms with E-state index in [9.17, 15) is 13.2 Å². The predicted molar refractivity (Wildman–Crippen MR) is 81.0 cm³/mol. The van der Waals surface area contributed by atoms with Crippen molar-refractivity contribution in [1.82, 2.24) is 0 Å². The minimum atomic E-state index is -4.33. The Morgan fingerprint density at radius 2 is 1.82 bits per heavy atom. The maximum atomic E-state index is 12.7. The van der Waals surface area contributed by atoms with Gasteiger partial charge in [0.15, 0.2) is 0 Å². The van der Waals surface area contributed by atoms with Crippen molar-refractivity contribution in [2.75, 3.05) is 11.9 Å². The van der Waals surface area contributed by atoms with Crippen LogP contribution in [0.2, 0.25) is 0 Å². The maximum absolute atomic E-state index is 12.7. The molecule has 2 nitrogen and oxygen atoms in total. The summed E-state index contributed by atoms with van der Waals surface area (Å²) in [7, 11) is 0. The molecule has 0 saturated heterocycles. The van der Waals surface area contributed by atoms with Gasteiger partial charge in [0.2, 0.25) is 0 Å². The fraction of sp³-hybridized carbons (Fsp3) is 0.294. The van der Waals surface area contributed by atoms with Gasteiger partial charge in [0.1, 0.15) is 5.75 Å². The highest BCUT2D eigenvalue weighted by molar-refractivity contribution is 5.47. The second-order valence-electron chi connectivity index (χ2n) is 4.93. The van der Waals surface area contributed by atoms with Crippen LogP contribution < -0.4 is 10.1 Å². The molecule has 0 aliphatic heterocycles. The van der Waals surface area contributed by atoms with Crippen molar-refractivity contribution < 1.29 is 17.9 Å². The Labute approximate surface area is 127 Å². The van der Waals surface area contributed by atoms with E-state index < -0.39 is 11.7 Å². The monoisotopic (exact) mass is 309 g/mol. The number of hydrogen-bond acceptors (Lipinski definition) is 2. The molecule has 2 rings (SSSR count). The molecule has 0 aliphatic carbocycles. The van der Waals surface area contributed by atoms with Crippen LogP contribution >= 0.6 is 0 Å². The highest BCUT2D eigenvalue weighted by Gasteiger charge is 2.30. The number of benzene rings is 2. The molecular formula is C17H18F3NO. The number of alkyl halides is 3. The van der Waals surface area contributed by atoms with Gasteiger partial charge in [-0.3, -0.25) is 0 Å². The van der Waals surface area contributed by atoms with Crippen LogP contribution in [-0.4, -0.2) is 6.61 Å². The van der Waals surface area contributed by atoms with Crippen molar-refractivity contribution in [1.29, 1.82) is 0 Å². The first-order valence-electron chi connectivity index (χ1n) is 7.12. The molecule has 0 amide bonds. The number of hydrogen-bond donors (Lipinski definition) is 1. The summed E-state index contributed by atoms with van der Waals surface area (Å²) in [6, 6.07) is 12.7. The smallest absolute Gasteiger partial charge is 0.416 e. The maximum Gasteiger partial charge on any atom is 0.416 e. The fourth-order valence-corrected chi connectivity index (χ4v) is 1.97. The molecule has 0 aliphatic rings. The van der Waals surface area contributed by atoms with Gasteiger partial charge in [0.05, 0.1) is 12.2 Å². The first kappa shape index (κ1) is 16.2. The van der Waals surface area contributed by atoms with Crippen molar-refractivity contribution in [3.8, 4) is 5.75 Å². The first-order chi connectivity index (χ1) is 10.5. The molecule has 22 heavy (non-hydrogen) atoms. The second kappa shape index (κ2) is 7.20. The zero-order valence-electron chi connectivity index (χ0n) is 12.3. The largest absolute Gasteiger partial charge is 0.494 e. The lowest BCUT2D eigenvalue weighted by Crippen LogP contribution is -2.06. The molecule has 118 valence electrons. The molecule has 0 saturated carbocycles. The molecule has 0 bridgehead atoms. The van der Waals surface area contributed by atoms with Crippen molar-refractivity contribution >= 4 is 5.69 Å². The average Bonchev–Trinajstić information content (AvgIpc) is 2.51. The molecule has 0 aromatic heterocycles. The van der Waals surface area contributed by atoms with Crippen LogP contribution in [0.5, 0.6) is 5.75 Å². The van der Waals surface area contributed by atoms with Gasteiger partial charge >= 0.3 is 6.18 Å². The Hall–Kier alpha value is -2.17. The summed E-state index contributed by atoms with van der Waals surface area (Å²) in [4.78, 5) is 0. The summed E-state index contributed by atoms with van der Waals surface area (Å²) >= 11 is 0. The molecule has 0 heterocycles. The van der Waals surface area contributed by atoms with Gasteiger partial charge in [-0.25, -0.2) is 0 Å². The molecule has 2 aromatic carbocycles. The third-order valence-electron chi connectivity index (χ3n) is 3.06. The summed E-state index contributed by atoms with van der Waals surface area (Å²) < 4.78 is 43.5. The van der Waals surface area contributed by atoms with Gasteiger partial charge < -0.3 is 10.1 Å². The van der Waals surface area contributed by atoms with E-state index >= 15 is 0 Å². The second-order valence-corrected chi connectivity index (χ2v) is 4.93. The van der Waals surface area contributed by atoms with Gasteiger partial charge in [-0.05, 0) is 42.3 Å². The molecule has 0 atom stereocenters. The topological polar surface area (TPSA) is 21.3 Å². The van der Waals surface area contributed by atoms with Crippen molar-refractivity contribution in [2.45, 2.75) is 26.1 Å². The normalized spacial score (nSPS) is 11.3. The molecule has 0 fully saturated rings. The Morgan fingerprint density at radius 3 is 2.55 bits per heavy atom. The Bertz CT molecular complexity index is 611. The highest BCUT2D eigenvalue weighted by Crippen LogP contribution is 2.30. The molecule has 2 aromatic rings. The fourth-order valence-electron chi connectivity index (χ4n) is 1.97. The van der Waals surface area contributed by atoms with E-state index in [-0.39, 0.29) is 0 Å². The van der Waals surface area contributed by atoms with E-state index in [4.69, 9.17) is 4.74 Å². The molecular weight excluding hydrogens is 291 g/mol. The number of ether oxygens (including phenoxy) is 1. The summed E-state index contributed by atoms with van der Waals surface area (Å²) in [6.07, 6.45) is -3.40. The predicted octanol–water partition coefficient (Wildman–Crippen LogP) is 5.11. The van der Waals surface area contributed by atoms with Crippen molar-refractivity contribution in [2.24, 2.45) is 0 Å². The van der Waals surface area contributed by atoms with Gasteiger partial charge in [-0.2, -0.15) is 13.2 Å². The van der Waals surface area contributed by atoms with Crippen LogP contribution in [0.1, 0.15) is 24.5 Å². The Balaban J connectivity index is 2.01. The Kier molecular flexibility index (Phi) is 5.31. The van der Waals surface area contributed by atoms with Crippen LogP contribution in [0.3, 0.4) is 0 Å². The van der Waals surface area contributed by atoms with Crippen LogP contribution in [0, 0.1) is 0 Å². The lowest BCUT2D eigenvalue weighted by molar-refractivity contribution is -0.137. The molecule has 0 radical (unpaired) electrons. The van der Waals surface area contributed by atoms with E-state index in [1.54, 1.807) is 6.07 Å². The number of anilines is 1. The molecule has 0 unspecified atom stereocenters. The summed E-state index contributed by atoms with van der Waals surface area (Å²) in [5.74, 6) is 0.769. The van der Waals surface area contributed by atoms with E-state index in [1.807, 2.05) is 31.2 Å². The number of nitrogens with one attached hydrogen (secondary N) is 1. The summed E-state index contributed by atoms with van der Waals surface area (Å²) in [6.45, 7) is 3.11. The van der Waals surface area contributed by atoms with Gasteiger partial charge in [-0.15, -0.1) is 0 Å². The minimum absolute atomic E-state index is 0.435. The lowest BCUT2D eigenvalue weighted by atomic mass is 10.1. The quantitative estimate of drug-likeness (QED) is 0.801. The standard InChI is InChI=1S/C17H18F3NO/c1-2-9-22-16-8-3-5-13(10-16)12-21-15-7-4-6-14(11-15)17(18,19)20/h3-8,10-11,21H,2,9,12H2,1H3. The van der Waals surface area contributed by atoms with Crippen LogP contribution in [-0.2, 0) is 12.7 Å². The number of halogens is 3. The highest BCUT2D eigenvalue weighted by atomic mass is 19.4. The molecule has 1 N–H and O–H groups in total. The molecule has 0 spiro atoms. The van der Waals surface area contributed by atoms with E-state index in [0.717, 1.165) is 29.9 Å². The van der Waals surface area contributed by atoms with Crippen molar-refractivity contribution in [3.63, 3.8) is 0 Å². The van der Waals surface area contributed by atoms with Crippen LogP contribution in [0.15, 0.2) is 48.5 Å². The SMILES string of the molecule is CCCOc1cccc(CNc2cccc(C(F)(F)F)c2)c1. The van der Waals surface area contributed by atoms with Crippen molar-refractivity contribution in [3.05, 3.63) is 59.7 Å². The summed E-state index contributed by atoms with van der Waals surface area (Å²) in [5, 5.41) is 3.00. The third-order valence-corrected chi connectivity index (χ3v) is 3.06. The van der Waals surface area contributed by atoms with E-state index in [2.05, 4.69) is 5.32 Å². The van der Waals surface area contributed by atoms with Gasteiger partial charge in [0.25, 0.3) is 0 Å². The van der Waals surface area contributed by atoms with E-state index in [1.165, 1.54) is 6.07 Å². The third kappa shape index (κ3) is 4.69. The zero-order chi connectivity index (χ0) is 16.0. The van der Waals surface area contributed by atoms with Crippen LogP contribution in [0.4, 0.5) is 18.9 Å². The lowest BCUT2D eigenvalue weighted by Gasteiger charge is -2.11. The minimum Gasteiger partial charge on any atom is -0.494 e. The average molecular weight is 309 g/mol. The summed E-state index contributed by atoms with van der Waals surface area (Å²) in [5.41, 5.74) is 0.734. The van der Waals surface area contributed by atoms with Gasteiger partial charge in [0, 0.05) is 12.2 Å². The Morgan fingerprint density at radius 1 is 1.05 bits per heavy atom. The molecule has 5 heteroatoms. The van der Waals surface area contributed by atoms with E-state index in [0.29, 0.717) is 18.8 Å². The first-order valence-corrected chi connectivity index (χ1v) is 7.12. The zero-order valence-corrected chi connectivity index (χ0v) is 12.3. The van der Waals surface area contributed by atoms with Crippen LogP contribution in [0.25, 0.3) is 0 Å².